The van der Waals surface area contributed by atoms with E-state index in [0.29, 0.717) is 10.9 Å². The van der Waals surface area contributed by atoms with Crippen LogP contribution < -0.4 is 5.32 Å². The van der Waals surface area contributed by atoms with Crippen LogP contribution in [0.2, 0.25) is 5.02 Å². The zero-order valence-electron chi connectivity index (χ0n) is 12.0. The Morgan fingerprint density at radius 1 is 1.25 bits per heavy atom. The molecule has 3 nitrogen and oxygen atoms in total. The average Bonchev–Trinajstić information content (AvgIpc) is 2.41. The molecular weight excluding hydrogens is 294 g/mol. The van der Waals surface area contributed by atoms with Gasteiger partial charge in [-0.2, -0.15) is 0 Å². The van der Waals surface area contributed by atoms with Gasteiger partial charge in [0.2, 0.25) is 0 Å². The summed E-state index contributed by atoms with van der Waals surface area (Å²) in [6, 6.07) is 7.14. The predicted octanol–water partition coefficient (Wildman–Crippen LogP) is 3.03. The van der Waals surface area contributed by atoms with Crippen molar-refractivity contribution in [1.82, 2.24) is 5.32 Å². The van der Waals surface area contributed by atoms with E-state index in [-0.39, 0.29) is 17.0 Å². The number of halogens is 1. The second-order valence-corrected chi connectivity index (χ2v) is 8.44. The van der Waals surface area contributed by atoms with Crippen molar-refractivity contribution in [2.75, 3.05) is 7.05 Å². The third kappa shape index (κ3) is 3.74. The molecule has 1 N–H and O–H groups in total. The first-order chi connectivity index (χ1) is 9.42. The summed E-state index contributed by atoms with van der Waals surface area (Å²) in [4.78, 5) is 0. The minimum Gasteiger partial charge on any atom is -0.316 e. The zero-order valence-corrected chi connectivity index (χ0v) is 13.5. The van der Waals surface area contributed by atoms with Crippen molar-refractivity contribution >= 4 is 21.4 Å². The fourth-order valence-corrected chi connectivity index (χ4v) is 5.37. The second-order valence-electron chi connectivity index (χ2n) is 5.79. The van der Waals surface area contributed by atoms with Crippen LogP contribution in [-0.2, 0) is 15.6 Å². The van der Waals surface area contributed by atoms with Crippen molar-refractivity contribution in [3.05, 3.63) is 34.9 Å². The Hall–Kier alpha value is -0.580. The highest BCUT2D eigenvalue weighted by Gasteiger charge is 2.36. The fourth-order valence-electron chi connectivity index (χ4n) is 2.98. The monoisotopic (exact) mass is 315 g/mol. The van der Waals surface area contributed by atoms with E-state index >= 15 is 0 Å². The van der Waals surface area contributed by atoms with Gasteiger partial charge in [0, 0.05) is 11.1 Å². The van der Waals surface area contributed by atoms with Crippen LogP contribution in [0, 0.1) is 5.92 Å². The summed E-state index contributed by atoms with van der Waals surface area (Å²) in [6.07, 6.45) is 2.78. The maximum atomic E-state index is 12.7. The second kappa shape index (κ2) is 6.46. The average molecular weight is 316 g/mol. The Labute approximate surface area is 126 Å². The van der Waals surface area contributed by atoms with Crippen LogP contribution in [0.1, 0.15) is 31.7 Å². The molecule has 20 heavy (non-hydrogen) atoms. The SMILES string of the molecule is CNC1CCC(C)CC1S(=O)(=O)Cc1ccc(Cl)cc1. The van der Waals surface area contributed by atoms with Gasteiger partial charge in [0.05, 0.1) is 11.0 Å². The van der Waals surface area contributed by atoms with Crippen LogP contribution >= 0.6 is 11.6 Å². The summed E-state index contributed by atoms with van der Waals surface area (Å²) < 4.78 is 25.4. The molecule has 112 valence electrons. The summed E-state index contributed by atoms with van der Waals surface area (Å²) in [5, 5.41) is 3.52. The van der Waals surface area contributed by atoms with E-state index in [1.807, 2.05) is 7.05 Å². The lowest BCUT2D eigenvalue weighted by Gasteiger charge is -2.34. The van der Waals surface area contributed by atoms with Crippen molar-refractivity contribution in [2.45, 2.75) is 43.2 Å². The Bertz CT molecular complexity index is 541. The summed E-state index contributed by atoms with van der Waals surface area (Å²) in [6.45, 7) is 2.14. The summed E-state index contributed by atoms with van der Waals surface area (Å²) in [7, 11) is -1.30. The van der Waals surface area contributed by atoms with Gasteiger partial charge in [0.25, 0.3) is 0 Å². The standard InChI is InChI=1S/C15H22ClNO2S/c1-11-3-8-14(17-2)15(9-11)20(18,19)10-12-4-6-13(16)7-5-12/h4-7,11,14-15,17H,3,8-10H2,1-2H3. The van der Waals surface area contributed by atoms with Crippen LogP contribution in [0.3, 0.4) is 0 Å². The molecule has 1 aliphatic carbocycles. The first-order valence-corrected chi connectivity index (χ1v) is 9.15. The number of nitrogens with one attached hydrogen (secondary N) is 1. The molecule has 0 spiro atoms. The highest BCUT2D eigenvalue weighted by atomic mass is 35.5. The van der Waals surface area contributed by atoms with E-state index in [1.54, 1.807) is 24.3 Å². The van der Waals surface area contributed by atoms with E-state index in [1.165, 1.54) is 0 Å². The first kappa shape index (κ1) is 15.8. The van der Waals surface area contributed by atoms with Crippen molar-refractivity contribution in [3.63, 3.8) is 0 Å². The first-order valence-electron chi connectivity index (χ1n) is 7.05. The molecule has 2 rings (SSSR count). The van der Waals surface area contributed by atoms with Gasteiger partial charge in [-0.3, -0.25) is 0 Å². The molecule has 1 saturated carbocycles. The Morgan fingerprint density at radius 2 is 1.90 bits per heavy atom. The van der Waals surface area contributed by atoms with Crippen LogP contribution in [0.15, 0.2) is 24.3 Å². The quantitative estimate of drug-likeness (QED) is 0.929. The molecule has 0 bridgehead atoms. The highest BCUT2D eigenvalue weighted by Crippen LogP contribution is 2.30. The van der Waals surface area contributed by atoms with Crippen LogP contribution in [-0.4, -0.2) is 26.8 Å². The molecule has 1 aromatic carbocycles. The lowest BCUT2D eigenvalue weighted by Crippen LogP contribution is -2.46. The molecule has 1 fully saturated rings. The normalized spacial score (nSPS) is 27.4. The number of hydrogen-bond acceptors (Lipinski definition) is 3. The topological polar surface area (TPSA) is 46.2 Å². The molecule has 5 heteroatoms. The third-order valence-electron chi connectivity index (χ3n) is 4.17. The van der Waals surface area contributed by atoms with E-state index in [0.717, 1.165) is 24.8 Å². The summed E-state index contributed by atoms with van der Waals surface area (Å²) in [5.74, 6) is 0.573. The molecule has 3 atom stereocenters. The maximum absolute atomic E-state index is 12.7. The van der Waals surface area contributed by atoms with Crippen molar-refractivity contribution in [2.24, 2.45) is 5.92 Å². The minimum atomic E-state index is -3.15. The Kier molecular flexibility index (Phi) is 5.10. The van der Waals surface area contributed by atoms with Crippen molar-refractivity contribution < 1.29 is 8.42 Å². The molecule has 0 aliphatic heterocycles. The summed E-state index contributed by atoms with van der Waals surface area (Å²) >= 11 is 5.84. The molecule has 0 saturated heterocycles. The Balaban J connectivity index is 2.17. The van der Waals surface area contributed by atoms with E-state index in [9.17, 15) is 8.42 Å². The lowest BCUT2D eigenvalue weighted by molar-refractivity contribution is 0.319. The predicted molar refractivity (Wildman–Crippen MR) is 83.7 cm³/mol. The van der Waals surface area contributed by atoms with Crippen molar-refractivity contribution in [3.8, 4) is 0 Å². The molecule has 0 amide bonds. The maximum Gasteiger partial charge on any atom is 0.158 e. The van der Waals surface area contributed by atoms with Gasteiger partial charge in [0.15, 0.2) is 9.84 Å². The molecule has 0 heterocycles. The largest absolute Gasteiger partial charge is 0.316 e. The molecule has 0 aromatic heterocycles. The minimum absolute atomic E-state index is 0.0727. The number of benzene rings is 1. The van der Waals surface area contributed by atoms with Gasteiger partial charge >= 0.3 is 0 Å². The van der Waals surface area contributed by atoms with Crippen LogP contribution in [0.25, 0.3) is 0 Å². The number of hydrogen-bond donors (Lipinski definition) is 1. The van der Waals surface area contributed by atoms with Crippen molar-refractivity contribution in [1.29, 1.82) is 0 Å². The number of sulfone groups is 1. The molecular formula is C15H22ClNO2S. The van der Waals surface area contributed by atoms with Gasteiger partial charge in [-0.05, 0) is 49.9 Å². The summed E-state index contributed by atoms with van der Waals surface area (Å²) in [5.41, 5.74) is 0.808. The van der Waals surface area contributed by atoms with E-state index < -0.39 is 9.84 Å². The third-order valence-corrected chi connectivity index (χ3v) is 6.60. The van der Waals surface area contributed by atoms with Gasteiger partial charge in [0.1, 0.15) is 0 Å². The highest BCUT2D eigenvalue weighted by molar-refractivity contribution is 7.91. The zero-order chi connectivity index (χ0) is 14.8. The smallest absolute Gasteiger partial charge is 0.158 e. The van der Waals surface area contributed by atoms with E-state index in [4.69, 9.17) is 11.6 Å². The van der Waals surface area contributed by atoms with Crippen LogP contribution in [0.4, 0.5) is 0 Å². The van der Waals surface area contributed by atoms with Gasteiger partial charge in [-0.15, -0.1) is 0 Å². The van der Waals surface area contributed by atoms with Gasteiger partial charge < -0.3 is 5.32 Å². The Morgan fingerprint density at radius 3 is 2.50 bits per heavy atom. The van der Waals surface area contributed by atoms with E-state index in [2.05, 4.69) is 12.2 Å². The molecule has 1 aromatic rings. The number of rotatable bonds is 4. The van der Waals surface area contributed by atoms with Crippen LogP contribution in [0.5, 0.6) is 0 Å². The fraction of sp³-hybridized carbons (Fsp3) is 0.600. The lowest BCUT2D eigenvalue weighted by atomic mass is 9.87. The van der Waals surface area contributed by atoms with Gasteiger partial charge in [-0.1, -0.05) is 30.7 Å². The molecule has 0 radical (unpaired) electrons. The molecule has 3 unspecified atom stereocenters. The molecule has 1 aliphatic rings. The van der Waals surface area contributed by atoms with Gasteiger partial charge in [-0.25, -0.2) is 8.42 Å².